The zero-order chi connectivity index (χ0) is 45.0. The van der Waals surface area contributed by atoms with Crippen LogP contribution in [0.5, 0.6) is 0 Å². The number of fused-ring (bicyclic) bond motifs is 9. The smallest absolute Gasteiger partial charge is 0.0754 e. The van der Waals surface area contributed by atoms with E-state index in [1.807, 2.05) is 0 Å². The molecule has 68 heavy (non-hydrogen) atoms. The summed E-state index contributed by atoms with van der Waals surface area (Å²) in [6, 6.07) is 101. The Hall–Kier alpha value is -8.78. The Labute approximate surface area is 398 Å². The van der Waals surface area contributed by atoms with E-state index in [1.54, 1.807) is 0 Å². The molecular formula is C67H45N. The highest BCUT2D eigenvalue weighted by Crippen LogP contribution is 2.65. The number of anilines is 3. The molecule has 1 heterocycles. The topological polar surface area (TPSA) is 3.24 Å². The summed E-state index contributed by atoms with van der Waals surface area (Å²) in [4.78, 5) is 2.50. The Morgan fingerprint density at radius 1 is 0.206 bits per heavy atom. The van der Waals surface area contributed by atoms with E-state index in [0.29, 0.717) is 0 Å². The second-order valence-electron chi connectivity index (χ2n) is 18.0. The zero-order valence-corrected chi connectivity index (χ0v) is 37.4. The fraction of sp³-hybridized carbons (Fsp3) is 0.0149. The first-order valence-corrected chi connectivity index (χ1v) is 23.6. The van der Waals surface area contributed by atoms with Crippen molar-refractivity contribution >= 4 is 17.1 Å². The number of para-hydroxylation sites is 1. The molecule has 1 aliphatic carbocycles. The molecule has 0 saturated carbocycles. The van der Waals surface area contributed by atoms with Gasteiger partial charge in [-0.25, -0.2) is 0 Å². The van der Waals surface area contributed by atoms with Gasteiger partial charge >= 0.3 is 0 Å². The summed E-state index contributed by atoms with van der Waals surface area (Å²) in [6.45, 7) is 0. The SMILES string of the molecule is c1ccc(-c2ccc3c(c2)-c2cc(-c4ccccc4)ccc2C32c3cc(-c4ccccc4-c4ccccc4)ccc3N(c3ccccc3)c3ccc(-c4ccccc4-c4ccccc4)cc32)cc1. The van der Waals surface area contributed by atoms with Crippen molar-refractivity contribution in [1.82, 2.24) is 0 Å². The van der Waals surface area contributed by atoms with Crippen molar-refractivity contribution in [3.05, 3.63) is 295 Å². The van der Waals surface area contributed by atoms with E-state index in [0.717, 1.165) is 5.69 Å². The van der Waals surface area contributed by atoms with Crippen molar-refractivity contribution in [2.24, 2.45) is 0 Å². The van der Waals surface area contributed by atoms with Crippen LogP contribution in [-0.4, -0.2) is 0 Å². The lowest BCUT2D eigenvalue weighted by Gasteiger charge is -2.45. The Balaban J connectivity index is 1.16. The third-order valence-electron chi connectivity index (χ3n) is 14.3. The molecule has 1 aliphatic heterocycles. The molecule has 0 amide bonds. The predicted octanol–water partition coefficient (Wildman–Crippen LogP) is 17.8. The number of hydrogen-bond acceptors (Lipinski definition) is 1. The minimum absolute atomic E-state index is 0.708. The molecule has 0 saturated heterocycles. The van der Waals surface area contributed by atoms with Gasteiger partial charge in [0.1, 0.15) is 0 Å². The Morgan fingerprint density at radius 3 is 0.926 bits per heavy atom. The van der Waals surface area contributed by atoms with Gasteiger partial charge in [0, 0.05) is 5.69 Å². The highest BCUT2D eigenvalue weighted by molar-refractivity contribution is 6.00. The monoisotopic (exact) mass is 863 g/mol. The van der Waals surface area contributed by atoms with Gasteiger partial charge in [-0.15, -0.1) is 0 Å². The first kappa shape index (κ1) is 39.6. The van der Waals surface area contributed by atoms with Gasteiger partial charge in [-0.3, -0.25) is 0 Å². The van der Waals surface area contributed by atoms with Gasteiger partial charge in [-0.2, -0.15) is 0 Å². The summed E-state index contributed by atoms with van der Waals surface area (Å²) in [5.74, 6) is 0. The lowest BCUT2D eigenvalue weighted by atomic mass is 9.63. The van der Waals surface area contributed by atoms with Gasteiger partial charge in [0.2, 0.25) is 0 Å². The number of rotatable bonds is 7. The molecule has 11 aromatic carbocycles. The van der Waals surface area contributed by atoms with Gasteiger partial charge in [0.15, 0.2) is 0 Å². The molecule has 0 unspecified atom stereocenters. The summed E-state index contributed by atoms with van der Waals surface area (Å²) in [5, 5.41) is 0. The van der Waals surface area contributed by atoms with Crippen molar-refractivity contribution in [2.75, 3.05) is 4.90 Å². The average molecular weight is 864 g/mol. The summed E-state index contributed by atoms with van der Waals surface area (Å²) in [5.41, 5.74) is 24.8. The van der Waals surface area contributed by atoms with Crippen LogP contribution in [0.25, 0.3) is 77.9 Å². The lowest BCUT2D eigenvalue weighted by Crippen LogP contribution is -2.36. The molecule has 0 N–H and O–H groups in total. The molecule has 1 heteroatoms. The van der Waals surface area contributed by atoms with Crippen LogP contribution in [0, 0.1) is 0 Å². The van der Waals surface area contributed by atoms with E-state index in [2.05, 4.69) is 278 Å². The minimum atomic E-state index is -0.708. The second kappa shape index (κ2) is 16.3. The molecular weight excluding hydrogens is 819 g/mol. The fourth-order valence-electron chi connectivity index (χ4n) is 11.3. The first-order chi connectivity index (χ1) is 33.7. The van der Waals surface area contributed by atoms with Gasteiger partial charge in [0.05, 0.1) is 16.8 Å². The molecule has 11 aromatic rings. The number of hydrogen-bond donors (Lipinski definition) is 0. The molecule has 318 valence electrons. The van der Waals surface area contributed by atoms with Gasteiger partial charge in [0.25, 0.3) is 0 Å². The van der Waals surface area contributed by atoms with Crippen LogP contribution >= 0.6 is 0 Å². The van der Waals surface area contributed by atoms with Crippen molar-refractivity contribution in [1.29, 1.82) is 0 Å². The quantitative estimate of drug-likeness (QED) is 0.154. The third-order valence-corrected chi connectivity index (χ3v) is 14.3. The van der Waals surface area contributed by atoms with Crippen molar-refractivity contribution in [3.8, 4) is 77.9 Å². The fourth-order valence-corrected chi connectivity index (χ4v) is 11.3. The molecule has 0 radical (unpaired) electrons. The van der Waals surface area contributed by atoms with E-state index in [9.17, 15) is 0 Å². The van der Waals surface area contributed by atoms with Crippen LogP contribution in [0.15, 0.2) is 273 Å². The van der Waals surface area contributed by atoms with E-state index in [-0.39, 0.29) is 0 Å². The van der Waals surface area contributed by atoms with Crippen LogP contribution in [-0.2, 0) is 5.41 Å². The van der Waals surface area contributed by atoms with Gasteiger partial charge in [-0.05, 0) is 149 Å². The maximum atomic E-state index is 2.52. The first-order valence-electron chi connectivity index (χ1n) is 23.6. The van der Waals surface area contributed by atoms with Crippen molar-refractivity contribution in [2.45, 2.75) is 5.41 Å². The Morgan fingerprint density at radius 2 is 0.529 bits per heavy atom. The molecule has 0 atom stereocenters. The number of benzene rings is 11. The Kier molecular flexibility index (Phi) is 9.47. The normalized spacial score (nSPS) is 12.8. The van der Waals surface area contributed by atoms with Crippen LogP contribution in [0.2, 0.25) is 0 Å². The highest BCUT2D eigenvalue weighted by Gasteiger charge is 2.52. The molecule has 1 nitrogen and oxygen atoms in total. The Bertz CT molecular complexity index is 3430. The van der Waals surface area contributed by atoms with E-state index < -0.39 is 5.41 Å². The molecule has 13 rings (SSSR count). The van der Waals surface area contributed by atoms with Gasteiger partial charge in [-0.1, -0.05) is 224 Å². The standard InChI is InChI=1S/C67H45N/c1-6-20-46(21-7-1)50-34-38-61-59(42-50)60-43-51(47-22-8-2-9-23-47)35-39-62(60)67(61)63-44-52(57-32-18-16-30-55(57)48-24-10-3-11-25-48)36-40-65(63)68(54-28-14-5-15-29-54)66-41-37-53(45-64(66)67)58-33-19-17-31-56(58)49-26-12-4-13-27-49/h1-45H. The van der Waals surface area contributed by atoms with Crippen LogP contribution < -0.4 is 4.90 Å². The highest BCUT2D eigenvalue weighted by atomic mass is 15.2. The zero-order valence-electron chi connectivity index (χ0n) is 37.4. The average Bonchev–Trinajstić information content (AvgIpc) is 3.71. The van der Waals surface area contributed by atoms with Crippen LogP contribution in [0.1, 0.15) is 22.3 Å². The minimum Gasteiger partial charge on any atom is -0.310 e. The summed E-state index contributed by atoms with van der Waals surface area (Å²) >= 11 is 0. The third kappa shape index (κ3) is 6.32. The van der Waals surface area contributed by atoms with Crippen LogP contribution in [0.3, 0.4) is 0 Å². The van der Waals surface area contributed by atoms with Gasteiger partial charge < -0.3 is 4.90 Å². The largest absolute Gasteiger partial charge is 0.310 e. The number of nitrogens with zero attached hydrogens (tertiary/aromatic N) is 1. The van der Waals surface area contributed by atoms with E-state index >= 15 is 0 Å². The van der Waals surface area contributed by atoms with Crippen molar-refractivity contribution in [3.63, 3.8) is 0 Å². The van der Waals surface area contributed by atoms with E-state index in [1.165, 1.54) is 112 Å². The van der Waals surface area contributed by atoms with E-state index in [4.69, 9.17) is 0 Å². The summed E-state index contributed by atoms with van der Waals surface area (Å²) in [7, 11) is 0. The summed E-state index contributed by atoms with van der Waals surface area (Å²) in [6.07, 6.45) is 0. The molecule has 0 aromatic heterocycles. The maximum absolute atomic E-state index is 2.52. The molecule has 0 fully saturated rings. The predicted molar refractivity (Wildman–Crippen MR) is 285 cm³/mol. The summed E-state index contributed by atoms with van der Waals surface area (Å²) < 4.78 is 0. The molecule has 1 spiro atoms. The second-order valence-corrected chi connectivity index (χ2v) is 18.0. The van der Waals surface area contributed by atoms with Crippen LogP contribution in [0.4, 0.5) is 17.1 Å². The molecule has 0 bridgehead atoms. The lowest BCUT2D eigenvalue weighted by molar-refractivity contribution is 0.753. The van der Waals surface area contributed by atoms with Crippen molar-refractivity contribution < 1.29 is 0 Å². The maximum Gasteiger partial charge on any atom is 0.0754 e. The molecule has 2 aliphatic rings.